The van der Waals surface area contributed by atoms with Crippen molar-refractivity contribution in [2.24, 2.45) is 0 Å². The van der Waals surface area contributed by atoms with E-state index in [4.69, 9.17) is 14.7 Å². The Kier molecular flexibility index (Phi) is 5.15. The Balaban J connectivity index is 1.48. The predicted molar refractivity (Wildman–Crippen MR) is 112 cm³/mol. The molecule has 1 unspecified atom stereocenters. The van der Waals surface area contributed by atoms with Crippen molar-refractivity contribution in [3.05, 3.63) is 63.2 Å². The van der Waals surface area contributed by atoms with Crippen LogP contribution in [0.25, 0.3) is 21.1 Å². The SMILES string of the molecule is COc1cccc(-c2csc(CC(C)c3csc(-c4cccs4)n3)n2)c1. The van der Waals surface area contributed by atoms with Gasteiger partial charge in [-0.15, -0.1) is 34.0 Å². The van der Waals surface area contributed by atoms with E-state index in [-0.39, 0.29) is 0 Å². The van der Waals surface area contributed by atoms with Gasteiger partial charge in [-0.05, 0) is 23.6 Å². The molecule has 4 rings (SSSR count). The highest BCUT2D eigenvalue weighted by atomic mass is 32.1. The molecule has 0 N–H and O–H groups in total. The van der Waals surface area contributed by atoms with E-state index < -0.39 is 0 Å². The van der Waals surface area contributed by atoms with Gasteiger partial charge in [0.1, 0.15) is 10.8 Å². The first-order valence-corrected chi connectivity index (χ1v) is 10.9. The van der Waals surface area contributed by atoms with E-state index in [0.717, 1.165) is 39.1 Å². The van der Waals surface area contributed by atoms with Crippen LogP contribution in [0.4, 0.5) is 0 Å². The summed E-state index contributed by atoms with van der Waals surface area (Å²) in [6.07, 6.45) is 0.905. The molecule has 0 radical (unpaired) electrons. The van der Waals surface area contributed by atoms with Gasteiger partial charge in [-0.1, -0.05) is 25.1 Å². The van der Waals surface area contributed by atoms with Gasteiger partial charge < -0.3 is 4.74 Å². The molecular weight excluding hydrogens is 380 g/mol. The maximum atomic E-state index is 5.31. The molecule has 0 spiro atoms. The molecule has 1 atom stereocenters. The van der Waals surface area contributed by atoms with Gasteiger partial charge in [-0.2, -0.15) is 0 Å². The van der Waals surface area contributed by atoms with Crippen LogP contribution >= 0.6 is 34.0 Å². The summed E-state index contributed by atoms with van der Waals surface area (Å²) in [6.45, 7) is 2.22. The minimum absolute atomic E-state index is 0.351. The van der Waals surface area contributed by atoms with Crippen LogP contribution < -0.4 is 4.74 Å². The molecular formula is C20H18N2OS3. The maximum Gasteiger partial charge on any atom is 0.133 e. The number of aromatic nitrogens is 2. The molecule has 0 fully saturated rings. The summed E-state index contributed by atoms with van der Waals surface area (Å²) in [5, 5.41) is 8.64. The van der Waals surface area contributed by atoms with E-state index in [0.29, 0.717) is 5.92 Å². The van der Waals surface area contributed by atoms with Crippen LogP contribution in [-0.2, 0) is 6.42 Å². The molecule has 0 amide bonds. The number of rotatable bonds is 6. The van der Waals surface area contributed by atoms with Gasteiger partial charge >= 0.3 is 0 Å². The fourth-order valence-electron chi connectivity index (χ4n) is 2.71. The zero-order valence-electron chi connectivity index (χ0n) is 14.5. The lowest BCUT2D eigenvalue weighted by atomic mass is 10.1. The molecule has 3 nitrogen and oxygen atoms in total. The van der Waals surface area contributed by atoms with E-state index in [9.17, 15) is 0 Å². The molecule has 6 heteroatoms. The van der Waals surface area contributed by atoms with Crippen LogP contribution in [-0.4, -0.2) is 17.1 Å². The summed E-state index contributed by atoms with van der Waals surface area (Å²) in [5.74, 6) is 1.21. The molecule has 0 saturated heterocycles. The highest BCUT2D eigenvalue weighted by Crippen LogP contribution is 2.32. The molecule has 1 aromatic carbocycles. The van der Waals surface area contributed by atoms with E-state index in [1.54, 1.807) is 41.1 Å². The van der Waals surface area contributed by atoms with Crippen LogP contribution in [0.2, 0.25) is 0 Å². The molecule has 0 aliphatic carbocycles. The molecule has 132 valence electrons. The van der Waals surface area contributed by atoms with Crippen molar-refractivity contribution in [2.45, 2.75) is 19.3 Å². The Hall–Kier alpha value is -2.02. The number of nitrogens with zero attached hydrogens (tertiary/aromatic N) is 2. The molecule has 26 heavy (non-hydrogen) atoms. The quantitative estimate of drug-likeness (QED) is 0.379. The number of benzene rings is 1. The Morgan fingerprint density at radius 3 is 2.77 bits per heavy atom. The van der Waals surface area contributed by atoms with Gasteiger partial charge in [0.05, 0.1) is 28.4 Å². The van der Waals surface area contributed by atoms with E-state index in [1.165, 1.54) is 4.88 Å². The Morgan fingerprint density at radius 2 is 1.96 bits per heavy atom. The maximum absolute atomic E-state index is 5.31. The smallest absolute Gasteiger partial charge is 0.133 e. The predicted octanol–water partition coefficient (Wildman–Crippen LogP) is 6.35. The second kappa shape index (κ2) is 7.70. The van der Waals surface area contributed by atoms with Crippen LogP contribution in [0.5, 0.6) is 5.75 Å². The second-order valence-corrected chi connectivity index (χ2v) is 8.77. The van der Waals surface area contributed by atoms with Crippen LogP contribution in [0.15, 0.2) is 52.5 Å². The lowest BCUT2D eigenvalue weighted by Crippen LogP contribution is -1.98. The number of hydrogen-bond donors (Lipinski definition) is 0. The van der Waals surface area contributed by atoms with Crippen molar-refractivity contribution in [1.29, 1.82) is 0 Å². The summed E-state index contributed by atoms with van der Waals surface area (Å²) < 4.78 is 5.31. The summed E-state index contributed by atoms with van der Waals surface area (Å²) >= 11 is 5.17. The van der Waals surface area contributed by atoms with Crippen LogP contribution in [0.1, 0.15) is 23.5 Å². The lowest BCUT2D eigenvalue weighted by Gasteiger charge is -2.05. The highest BCUT2D eigenvalue weighted by molar-refractivity contribution is 7.20. The van der Waals surface area contributed by atoms with E-state index >= 15 is 0 Å². The van der Waals surface area contributed by atoms with Gasteiger partial charge in [-0.25, -0.2) is 9.97 Å². The number of ether oxygens (including phenoxy) is 1. The molecule has 0 aliphatic heterocycles. The topological polar surface area (TPSA) is 35.0 Å². The average molecular weight is 399 g/mol. The highest BCUT2D eigenvalue weighted by Gasteiger charge is 2.15. The zero-order valence-corrected chi connectivity index (χ0v) is 17.0. The zero-order chi connectivity index (χ0) is 17.9. The van der Waals surface area contributed by atoms with Crippen molar-refractivity contribution >= 4 is 34.0 Å². The van der Waals surface area contributed by atoms with Crippen molar-refractivity contribution in [1.82, 2.24) is 9.97 Å². The van der Waals surface area contributed by atoms with Crippen molar-refractivity contribution < 1.29 is 4.74 Å². The summed E-state index contributed by atoms with van der Waals surface area (Å²) in [6, 6.07) is 12.2. The first kappa shape index (κ1) is 17.4. The molecule has 0 bridgehead atoms. The Bertz CT molecular complexity index is 988. The van der Waals surface area contributed by atoms with Crippen molar-refractivity contribution in [3.63, 3.8) is 0 Å². The molecule has 3 aromatic heterocycles. The summed E-state index contributed by atoms with van der Waals surface area (Å²) in [7, 11) is 1.69. The number of thiophene rings is 1. The fraction of sp³-hybridized carbons (Fsp3) is 0.200. The largest absolute Gasteiger partial charge is 0.497 e. The summed E-state index contributed by atoms with van der Waals surface area (Å²) in [4.78, 5) is 10.9. The number of hydrogen-bond acceptors (Lipinski definition) is 6. The minimum atomic E-state index is 0.351. The van der Waals surface area contributed by atoms with Crippen LogP contribution in [0, 0.1) is 0 Å². The first-order chi connectivity index (χ1) is 12.7. The molecule has 0 saturated carbocycles. The second-order valence-electron chi connectivity index (χ2n) is 6.02. The third kappa shape index (κ3) is 3.72. The minimum Gasteiger partial charge on any atom is -0.497 e. The normalized spacial score (nSPS) is 12.2. The van der Waals surface area contributed by atoms with Gasteiger partial charge in [0.25, 0.3) is 0 Å². The van der Waals surface area contributed by atoms with Crippen molar-refractivity contribution in [2.75, 3.05) is 7.11 Å². The van der Waals surface area contributed by atoms with Gasteiger partial charge in [0, 0.05) is 28.7 Å². The first-order valence-electron chi connectivity index (χ1n) is 8.31. The summed E-state index contributed by atoms with van der Waals surface area (Å²) in [5.41, 5.74) is 3.25. The third-order valence-electron chi connectivity index (χ3n) is 4.16. The number of methoxy groups -OCH3 is 1. The lowest BCUT2D eigenvalue weighted by molar-refractivity contribution is 0.415. The average Bonchev–Trinajstić information content (AvgIpc) is 3.41. The van der Waals surface area contributed by atoms with E-state index in [1.807, 2.05) is 18.2 Å². The standard InChI is InChI=1S/C20H18N2OS3/c1-13(16-11-26-20(22-16)18-7-4-8-24-18)9-19-21-17(12-25-19)14-5-3-6-15(10-14)23-2/h3-8,10-13H,9H2,1-2H3. The monoisotopic (exact) mass is 398 g/mol. The molecule has 3 heterocycles. The number of thiazole rings is 2. The Labute approximate surface area is 165 Å². The third-order valence-corrected chi connectivity index (χ3v) is 6.93. The molecule has 4 aromatic rings. The molecule has 0 aliphatic rings. The van der Waals surface area contributed by atoms with E-state index in [2.05, 4.69) is 41.3 Å². The van der Waals surface area contributed by atoms with Gasteiger partial charge in [-0.3, -0.25) is 0 Å². The van der Waals surface area contributed by atoms with Gasteiger partial charge in [0.15, 0.2) is 0 Å². The van der Waals surface area contributed by atoms with Gasteiger partial charge in [0.2, 0.25) is 0 Å². The fourth-order valence-corrected chi connectivity index (χ4v) is 5.40. The Morgan fingerprint density at radius 1 is 1.04 bits per heavy atom. The van der Waals surface area contributed by atoms with Crippen molar-refractivity contribution in [3.8, 4) is 26.9 Å². The van der Waals surface area contributed by atoms with Crippen LogP contribution in [0.3, 0.4) is 0 Å².